The van der Waals surface area contributed by atoms with Gasteiger partial charge in [-0.1, -0.05) is 34.7 Å². The number of nitrogens with zero attached hydrogens (tertiary/aromatic N) is 12. The van der Waals surface area contributed by atoms with Crippen molar-refractivity contribution in [2.45, 2.75) is 85.2 Å². The van der Waals surface area contributed by atoms with E-state index < -0.39 is 0 Å². The van der Waals surface area contributed by atoms with Crippen molar-refractivity contribution in [3.05, 3.63) is 116 Å². The summed E-state index contributed by atoms with van der Waals surface area (Å²) in [5.74, 6) is 2.94. The second-order valence-electron chi connectivity index (χ2n) is 12.5. The van der Waals surface area contributed by atoms with Crippen LogP contribution in [-0.2, 0) is 52.1 Å². The first-order valence-corrected chi connectivity index (χ1v) is 17.1. The molecule has 0 bridgehead atoms. The highest BCUT2D eigenvalue weighted by atomic mass is 16.5. The fourth-order valence-corrected chi connectivity index (χ4v) is 5.96. The van der Waals surface area contributed by atoms with Crippen molar-refractivity contribution in [3.63, 3.8) is 0 Å². The second-order valence-corrected chi connectivity index (χ2v) is 12.5. The zero-order valence-electron chi connectivity index (χ0n) is 29.6. The fraction of sp³-hybridized carbons (Fsp3) is 0.429. The van der Waals surface area contributed by atoms with Gasteiger partial charge < -0.3 is 9.47 Å². The molecule has 0 fully saturated rings. The number of ether oxygens (including phenoxy) is 2. The Labute approximate surface area is 294 Å². The van der Waals surface area contributed by atoms with Gasteiger partial charge in [0.1, 0.15) is 34.5 Å². The van der Waals surface area contributed by atoms with Gasteiger partial charge in [-0.05, 0) is 81.3 Å². The van der Waals surface area contributed by atoms with Crippen LogP contribution in [0, 0.1) is 13.8 Å². The molecule has 0 amide bonds. The third-order valence-electron chi connectivity index (χ3n) is 8.85. The summed E-state index contributed by atoms with van der Waals surface area (Å²) in [5.41, 5.74) is 3.28. The van der Waals surface area contributed by atoms with Gasteiger partial charge in [0.2, 0.25) is 0 Å². The Balaban J connectivity index is 0.919. The predicted octanol–water partition coefficient (Wildman–Crippen LogP) is 2.67. The van der Waals surface area contributed by atoms with Crippen molar-refractivity contribution in [2.75, 3.05) is 14.2 Å². The van der Waals surface area contributed by atoms with E-state index in [1.54, 1.807) is 32.7 Å². The molecule has 2 aromatic carbocycles. The van der Waals surface area contributed by atoms with Gasteiger partial charge in [-0.15, -0.1) is 10.2 Å². The lowest BCUT2D eigenvalue weighted by atomic mass is 10.1. The smallest absolute Gasteiger partial charge is 0.346 e. The van der Waals surface area contributed by atoms with Crippen LogP contribution >= 0.6 is 0 Å². The molecule has 0 spiro atoms. The topological polar surface area (TPSA) is 160 Å². The van der Waals surface area contributed by atoms with E-state index in [-0.39, 0.29) is 24.5 Å². The number of methoxy groups -OCH3 is 2. The van der Waals surface area contributed by atoms with Gasteiger partial charge in [-0.25, -0.2) is 19.0 Å². The molecule has 0 unspecified atom stereocenters. The van der Waals surface area contributed by atoms with Gasteiger partial charge in [-0.3, -0.25) is 18.5 Å². The van der Waals surface area contributed by atoms with E-state index in [4.69, 9.17) is 9.47 Å². The average molecular weight is 697 g/mol. The molecule has 6 aromatic rings. The van der Waals surface area contributed by atoms with Crippen LogP contribution in [0.3, 0.4) is 0 Å². The summed E-state index contributed by atoms with van der Waals surface area (Å²) in [6.07, 6.45) is 7.94. The SMILES string of the molecule is COc1ccc(CCn2c(C)nn(Cc3cn(CCCCCn4cc(Cn5nc(C)n(CCc6ccc(OC)cc6)c5=O)nn4)nn3)c2=O)cc1. The lowest BCUT2D eigenvalue weighted by Gasteiger charge is -2.05. The summed E-state index contributed by atoms with van der Waals surface area (Å²) in [5, 5.41) is 25.9. The molecular weight excluding hydrogens is 652 g/mol. The Morgan fingerprint density at radius 2 is 0.980 bits per heavy atom. The number of hydrogen-bond donors (Lipinski definition) is 0. The summed E-state index contributed by atoms with van der Waals surface area (Å²) in [4.78, 5) is 26.1. The number of rotatable bonds is 18. The Morgan fingerprint density at radius 1 is 0.569 bits per heavy atom. The van der Waals surface area contributed by atoms with E-state index >= 15 is 0 Å². The highest BCUT2D eigenvalue weighted by molar-refractivity contribution is 5.28. The molecule has 16 heteroatoms. The lowest BCUT2D eigenvalue weighted by Crippen LogP contribution is -2.26. The lowest BCUT2D eigenvalue weighted by molar-refractivity contribution is 0.414. The van der Waals surface area contributed by atoms with Crippen LogP contribution in [-0.4, -0.2) is 72.9 Å². The molecule has 51 heavy (non-hydrogen) atoms. The summed E-state index contributed by atoms with van der Waals surface area (Å²) in [6.45, 7) is 6.71. The van der Waals surface area contributed by atoms with E-state index in [1.807, 2.05) is 74.8 Å². The first-order valence-electron chi connectivity index (χ1n) is 17.1. The van der Waals surface area contributed by atoms with Crippen molar-refractivity contribution in [1.82, 2.24) is 58.7 Å². The van der Waals surface area contributed by atoms with Crippen LogP contribution in [0.25, 0.3) is 0 Å². The van der Waals surface area contributed by atoms with Crippen molar-refractivity contribution >= 4 is 0 Å². The molecule has 6 rings (SSSR count). The first kappa shape index (κ1) is 35.0. The minimum Gasteiger partial charge on any atom is -0.497 e. The number of benzene rings is 2. The van der Waals surface area contributed by atoms with Crippen molar-refractivity contribution in [2.24, 2.45) is 0 Å². The van der Waals surface area contributed by atoms with Gasteiger partial charge in [0.25, 0.3) is 0 Å². The molecule has 4 heterocycles. The summed E-state index contributed by atoms with van der Waals surface area (Å²) in [7, 11) is 3.28. The number of unbranched alkanes of at least 4 members (excludes halogenated alkanes) is 2. The Kier molecular flexibility index (Phi) is 11.2. The molecule has 16 nitrogen and oxygen atoms in total. The molecular formula is C35H44N12O4. The molecule has 0 saturated carbocycles. The third kappa shape index (κ3) is 8.87. The van der Waals surface area contributed by atoms with Crippen molar-refractivity contribution in [3.8, 4) is 11.5 Å². The molecule has 0 atom stereocenters. The van der Waals surface area contributed by atoms with E-state index in [0.717, 1.165) is 41.9 Å². The van der Waals surface area contributed by atoms with Crippen LogP contribution in [0.2, 0.25) is 0 Å². The molecule has 0 aliphatic carbocycles. The normalized spacial score (nSPS) is 11.4. The average Bonchev–Trinajstić information content (AvgIpc) is 3.91. The zero-order valence-corrected chi connectivity index (χ0v) is 29.6. The first-order chi connectivity index (χ1) is 24.8. The van der Waals surface area contributed by atoms with Gasteiger partial charge in [0.05, 0.1) is 39.7 Å². The summed E-state index contributed by atoms with van der Waals surface area (Å²) in [6, 6.07) is 15.7. The van der Waals surface area contributed by atoms with Crippen molar-refractivity contribution in [1.29, 1.82) is 0 Å². The standard InChI is InChI=1S/C35H44N12O4/c1-26-38-46(34(48)44(26)20-16-28-8-12-32(50-3)13-9-28)24-30-22-42(40-36-30)18-6-5-7-19-43-23-31(37-41-43)25-47-35(49)45(27(2)39-47)21-17-29-10-14-33(51-4)15-11-29/h8-15,22-23H,5-7,16-21,24-25H2,1-4H3. The minimum absolute atomic E-state index is 0.163. The number of aromatic nitrogens is 12. The van der Waals surface area contributed by atoms with Crippen LogP contribution in [0.5, 0.6) is 11.5 Å². The largest absolute Gasteiger partial charge is 0.497 e. The second kappa shape index (κ2) is 16.3. The van der Waals surface area contributed by atoms with Gasteiger partial charge >= 0.3 is 11.4 Å². The molecule has 0 N–H and O–H groups in total. The predicted molar refractivity (Wildman–Crippen MR) is 188 cm³/mol. The third-order valence-corrected chi connectivity index (χ3v) is 8.85. The molecule has 4 aromatic heterocycles. The van der Waals surface area contributed by atoms with Gasteiger partial charge in [-0.2, -0.15) is 10.2 Å². The Morgan fingerprint density at radius 3 is 1.37 bits per heavy atom. The van der Waals surface area contributed by atoms with E-state index in [0.29, 0.717) is 62.1 Å². The van der Waals surface area contributed by atoms with Crippen molar-refractivity contribution < 1.29 is 9.47 Å². The maximum atomic E-state index is 13.0. The summed E-state index contributed by atoms with van der Waals surface area (Å²) < 4.78 is 20.3. The number of aryl methyl sites for hydroxylation is 6. The molecule has 0 aliphatic rings. The van der Waals surface area contributed by atoms with Gasteiger partial charge in [0, 0.05) is 26.2 Å². The van der Waals surface area contributed by atoms with Crippen LogP contribution in [0.15, 0.2) is 70.5 Å². The Bertz CT molecular complexity index is 1980. The maximum Gasteiger partial charge on any atom is 0.346 e. The zero-order chi connectivity index (χ0) is 35.7. The van der Waals surface area contributed by atoms with E-state index in [9.17, 15) is 9.59 Å². The van der Waals surface area contributed by atoms with Crippen LogP contribution in [0.1, 0.15) is 53.4 Å². The maximum absolute atomic E-state index is 13.0. The highest BCUT2D eigenvalue weighted by Gasteiger charge is 2.14. The van der Waals surface area contributed by atoms with Crippen LogP contribution < -0.4 is 20.9 Å². The minimum atomic E-state index is -0.163. The highest BCUT2D eigenvalue weighted by Crippen LogP contribution is 2.13. The number of hydrogen-bond acceptors (Lipinski definition) is 10. The summed E-state index contributed by atoms with van der Waals surface area (Å²) >= 11 is 0. The van der Waals surface area contributed by atoms with E-state index in [1.165, 1.54) is 9.36 Å². The molecule has 0 radical (unpaired) electrons. The molecule has 268 valence electrons. The molecule has 0 saturated heterocycles. The fourth-order valence-electron chi connectivity index (χ4n) is 5.96. The van der Waals surface area contributed by atoms with Gasteiger partial charge in [0.15, 0.2) is 0 Å². The van der Waals surface area contributed by atoms with E-state index in [2.05, 4.69) is 30.8 Å². The molecule has 0 aliphatic heterocycles. The Hall–Kier alpha value is -5.80. The monoisotopic (exact) mass is 696 g/mol. The van der Waals surface area contributed by atoms with Crippen LogP contribution in [0.4, 0.5) is 0 Å². The quantitative estimate of drug-likeness (QED) is 0.122.